The normalized spacial score (nSPS) is 15.0. The van der Waals surface area contributed by atoms with Crippen molar-refractivity contribution in [2.75, 3.05) is 17.2 Å². The predicted molar refractivity (Wildman–Crippen MR) is 132 cm³/mol. The van der Waals surface area contributed by atoms with E-state index in [4.69, 9.17) is 34.8 Å². The minimum Gasteiger partial charge on any atom is -0.370 e. The zero-order chi connectivity index (χ0) is 24.4. The van der Waals surface area contributed by atoms with Crippen LogP contribution >= 0.6 is 34.8 Å². The molecule has 0 saturated heterocycles. The molecular weight excluding hydrogens is 504 g/mol. The standard InChI is InChI=1S/C23H17Cl3FN5O2/c1-2-28-20-14(9-12(27)10-29-20)22(33)32-21-23(34)30-17-6-4-3-5-13(17)19(31-21)18-15(25)7-11(24)8-16(18)26/h3-10,21H,2H2,1H3,(H,28,29)(H,30,34)(H,32,33). The molecule has 1 aliphatic heterocycles. The first-order valence-electron chi connectivity index (χ1n) is 10.1. The molecule has 1 aliphatic rings. The van der Waals surface area contributed by atoms with Crippen LogP contribution in [0.5, 0.6) is 0 Å². The van der Waals surface area contributed by atoms with Crippen molar-refractivity contribution < 1.29 is 14.0 Å². The lowest BCUT2D eigenvalue weighted by Crippen LogP contribution is -2.42. The quantitative estimate of drug-likeness (QED) is 0.433. The molecule has 0 bridgehead atoms. The van der Waals surface area contributed by atoms with E-state index in [1.54, 1.807) is 31.2 Å². The van der Waals surface area contributed by atoms with Crippen LogP contribution in [0.2, 0.25) is 15.1 Å². The number of aromatic nitrogens is 1. The van der Waals surface area contributed by atoms with E-state index in [1.807, 2.05) is 0 Å². The zero-order valence-electron chi connectivity index (χ0n) is 17.6. The summed E-state index contributed by atoms with van der Waals surface area (Å²) in [5, 5.41) is 8.94. The summed E-state index contributed by atoms with van der Waals surface area (Å²) in [6.45, 7) is 2.26. The molecule has 4 rings (SSSR count). The first-order valence-corrected chi connectivity index (χ1v) is 11.2. The van der Waals surface area contributed by atoms with Crippen LogP contribution in [0.3, 0.4) is 0 Å². The fourth-order valence-electron chi connectivity index (χ4n) is 3.45. The molecule has 0 spiro atoms. The van der Waals surface area contributed by atoms with E-state index in [2.05, 4.69) is 25.9 Å². The van der Waals surface area contributed by atoms with Crippen molar-refractivity contribution in [3.8, 4) is 0 Å². The van der Waals surface area contributed by atoms with Gasteiger partial charge in [-0.1, -0.05) is 53.0 Å². The van der Waals surface area contributed by atoms with Crippen LogP contribution in [0, 0.1) is 5.82 Å². The smallest absolute Gasteiger partial charge is 0.269 e. The highest BCUT2D eigenvalue weighted by atomic mass is 35.5. The molecule has 0 fully saturated rings. The molecule has 3 aromatic rings. The van der Waals surface area contributed by atoms with Gasteiger partial charge in [0.1, 0.15) is 11.6 Å². The van der Waals surface area contributed by atoms with E-state index in [9.17, 15) is 14.0 Å². The Balaban J connectivity index is 1.80. The maximum atomic E-state index is 13.8. The minimum absolute atomic E-state index is 0.0734. The third-order valence-electron chi connectivity index (χ3n) is 4.90. The summed E-state index contributed by atoms with van der Waals surface area (Å²) in [7, 11) is 0. The van der Waals surface area contributed by atoms with Gasteiger partial charge in [-0.2, -0.15) is 0 Å². The fourth-order valence-corrected chi connectivity index (χ4v) is 4.44. The molecule has 11 heteroatoms. The third kappa shape index (κ3) is 4.84. The number of aliphatic imine (C=N–C) groups is 1. The minimum atomic E-state index is -1.38. The van der Waals surface area contributed by atoms with Gasteiger partial charge >= 0.3 is 0 Å². The molecule has 0 saturated carbocycles. The Bertz CT molecular complexity index is 1310. The maximum absolute atomic E-state index is 13.8. The number of para-hydroxylation sites is 1. The number of carbonyl (C=O) groups is 2. The highest BCUT2D eigenvalue weighted by Crippen LogP contribution is 2.34. The summed E-state index contributed by atoms with van der Waals surface area (Å²) in [4.78, 5) is 34.5. The van der Waals surface area contributed by atoms with Crippen molar-refractivity contribution >= 4 is 63.8 Å². The Morgan fingerprint density at radius 3 is 2.56 bits per heavy atom. The van der Waals surface area contributed by atoms with Gasteiger partial charge < -0.3 is 16.0 Å². The predicted octanol–water partition coefficient (Wildman–Crippen LogP) is 5.16. The van der Waals surface area contributed by atoms with Gasteiger partial charge in [-0.05, 0) is 31.2 Å². The Morgan fingerprint density at radius 2 is 1.85 bits per heavy atom. The van der Waals surface area contributed by atoms with Crippen LogP contribution in [-0.2, 0) is 4.79 Å². The number of hydrogen-bond donors (Lipinski definition) is 3. The molecule has 174 valence electrons. The maximum Gasteiger partial charge on any atom is 0.269 e. The number of hydrogen-bond acceptors (Lipinski definition) is 5. The summed E-state index contributed by atoms with van der Waals surface area (Å²) < 4.78 is 13.8. The Hall–Kier alpha value is -3.20. The van der Waals surface area contributed by atoms with Crippen molar-refractivity contribution in [2.24, 2.45) is 4.99 Å². The first-order chi connectivity index (χ1) is 16.3. The van der Waals surface area contributed by atoms with E-state index in [0.29, 0.717) is 28.4 Å². The van der Waals surface area contributed by atoms with Gasteiger partial charge in [-0.15, -0.1) is 0 Å². The number of halogens is 4. The summed E-state index contributed by atoms with van der Waals surface area (Å²) in [5.74, 6) is -1.88. The van der Waals surface area contributed by atoms with Crippen molar-refractivity contribution in [1.29, 1.82) is 0 Å². The molecule has 1 unspecified atom stereocenters. The molecular formula is C23H17Cl3FN5O2. The second-order valence-corrected chi connectivity index (χ2v) is 8.46. The van der Waals surface area contributed by atoms with Crippen LogP contribution in [0.1, 0.15) is 28.4 Å². The molecule has 0 aliphatic carbocycles. The van der Waals surface area contributed by atoms with Gasteiger partial charge in [0.15, 0.2) is 0 Å². The molecule has 3 N–H and O–H groups in total. The van der Waals surface area contributed by atoms with Gasteiger partial charge in [0.05, 0.1) is 33.2 Å². The Morgan fingerprint density at radius 1 is 1.15 bits per heavy atom. The number of anilines is 2. The molecule has 0 radical (unpaired) electrons. The van der Waals surface area contributed by atoms with Crippen molar-refractivity contribution in [3.05, 3.63) is 86.2 Å². The van der Waals surface area contributed by atoms with E-state index in [0.717, 1.165) is 12.3 Å². The molecule has 34 heavy (non-hydrogen) atoms. The lowest BCUT2D eigenvalue weighted by atomic mass is 10.0. The van der Waals surface area contributed by atoms with Crippen LogP contribution in [0.25, 0.3) is 0 Å². The van der Waals surface area contributed by atoms with Crippen LogP contribution in [0.4, 0.5) is 15.9 Å². The second kappa shape index (κ2) is 9.97. The second-order valence-electron chi connectivity index (χ2n) is 7.21. The average molecular weight is 521 g/mol. The number of benzodiazepines with no additional fused rings is 1. The molecule has 2 amide bonds. The van der Waals surface area contributed by atoms with Gasteiger partial charge in [-0.25, -0.2) is 14.4 Å². The van der Waals surface area contributed by atoms with E-state index in [-0.39, 0.29) is 27.1 Å². The van der Waals surface area contributed by atoms with Crippen molar-refractivity contribution in [1.82, 2.24) is 10.3 Å². The zero-order valence-corrected chi connectivity index (χ0v) is 19.9. The monoisotopic (exact) mass is 519 g/mol. The Labute approximate surface area is 209 Å². The van der Waals surface area contributed by atoms with Crippen LogP contribution < -0.4 is 16.0 Å². The van der Waals surface area contributed by atoms with Gasteiger partial charge in [0.25, 0.3) is 11.8 Å². The first kappa shape index (κ1) is 23.9. The topological polar surface area (TPSA) is 95.5 Å². The van der Waals surface area contributed by atoms with Crippen LogP contribution in [-0.4, -0.2) is 35.2 Å². The summed E-state index contributed by atoms with van der Waals surface area (Å²) in [5.41, 5.74) is 1.54. The number of rotatable bonds is 5. The molecule has 2 heterocycles. The van der Waals surface area contributed by atoms with Crippen molar-refractivity contribution in [3.63, 3.8) is 0 Å². The molecule has 7 nitrogen and oxygen atoms in total. The number of amides is 2. The van der Waals surface area contributed by atoms with Gasteiger partial charge in [0.2, 0.25) is 6.17 Å². The number of fused-ring (bicyclic) bond motifs is 1. The lowest BCUT2D eigenvalue weighted by molar-refractivity contribution is -0.117. The summed E-state index contributed by atoms with van der Waals surface area (Å²) >= 11 is 19.0. The Kier molecular flexibility index (Phi) is 7.02. The number of nitrogens with one attached hydrogen (secondary N) is 3. The largest absolute Gasteiger partial charge is 0.370 e. The van der Waals surface area contributed by atoms with E-state index < -0.39 is 23.8 Å². The average Bonchev–Trinajstić information content (AvgIpc) is 2.91. The molecule has 1 atom stereocenters. The van der Waals surface area contributed by atoms with Crippen molar-refractivity contribution in [2.45, 2.75) is 13.1 Å². The summed E-state index contributed by atoms with van der Waals surface area (Å²) in [6, 6.07) is 11.0. The summed E-state index contributed by atoms with van der Waals surface area (Å²) in [6.07, 6.45) is -0.389. The third-order valence-corrected chi connectivity index (χ3v) is 5.72. The lowest BCUT2D eigenvalue weighted by Gasteiger charge is -2.16. The van der Waals surface area contributed by atoms with E-state index in [1.165, 1.54) is 12.1 Å². The fraction of sp³-hybridized carbons (Fsp3) is 0.130. The number of carbonyl (C=O) groups excluding carboxylic acids is 2. The van der Waals surface area contributed by atoms with Gasteiger partial charge in [0, 0.05) is 22.7 Å². The highest BCUT2D eigenvalue weighted by Gasteiger charge is 2.30. The number of nitrogens with zero attached hydrogens (tertiary/aromatic N) is 2. The molecule has 2 aromatic carbocycles. The van der Waals surface area contributed by atoms with E-state index >= 15 is 0 Å². The molecule has 1 aromatic heterocycles. The number of benzene rings is 2. The number of pyridine rings is 1. The highest BCUT2D eigenvalue weighted by molar-refractivity contribution is 6.44. The van der Waals surface area contributed by atoms with Gasteiger partial charge in [-0.3, -0.25) is 9.59 Å². The van der Waals surface area contributed by atoms with Crippen LogP contribution in [0.15, 0.2) is 53.7 Å². The SMILES string of the molecule is CCNc1ncc(F)cc1C(=O)NC1N=C(c2c(Cl)cc(Cl)cc2Cl)c2ccccc2NC1=O.